The third kappa shape index (κ3) is 4.01. The van der Waals surface area contributed by atoms with Crippen molar-refractivity contribution in [3.63, 3.8) is 0 Å². The molecule has 0 saturated carbocycles. The minimum absolute atomic E-state index is 0.114. The Bertz CT molecular complexity index is 783. The largest absolute Gasteiger partial charge is 0.495 e. The summed E-state index contributed by atoms with van der Waals surface area (Å²) >= 11 is 1.96. The van der Waals surface area contributed by atoms with Crippen LogP contribution in [-0.4, -0.2) is 21.6 Å². The van der Waals surface area contributed by atoms with Crippen molar-refractivity contribution >= 4 is 45.3 Å². The van der Waals surface area contributed by atoms with Gasteiger partial charge in [-0.15, -0.1) is 0 Å². The maximum absolute atomic E-state index is 10.9. The third-order valence-corrected chi connectivity index (χ3v) is 3.36. The molecular formula is C14H12IN3O6. The van der Waals surface area contributed by atoms with Crippen molar-refractivity contribution in [1.29, 1.82) is 0 Å². The number of benzene rings is 2. The second-order valence-electron chi connectivity index (χ2n) is 4.46. The Hall–Kier alpha value is -2.63. The van der Waals surface area contributed by atoms with Gasteiger partial charge in [0.2, 0.25) is 0 Å². The summed E-state index contributed by atoms with van der Waals surface area (Å²) < 4.78 is 10.9. The molecule has 24 heavy (non-hydrogen) atoms. The van der Waals surface area contributed by atoms with Crippen molar-refractivity contribution in [1.82, 2.24) is 0 Å². The molecule has 0 bridgehead atoms. The number of non-ortho nitro benzene ring substituents is 2. The minimum Gasteiger partial charge on any atom is -0.495 e. The van der Waals surface area contributed by atoms with Crippen LogP contribution in [-0.2, 0) is 0 Å². The second kappa shape index (κ2) is 7.77. The number of alkyl halides is 1. The minimum atomic E-state index is -0.530. The van der Waals surface area contributed by atoms with E-state index in [1.165, 1.54) is 43.5 Å². The first-order valence-electron chi connectivity index (χ1n) is 6.53. The number of hydrogen-bond donors (Lipinski definition) is 1. The van der Waals surface area contributed by atoms with E-state index in [4.69, 9.17) is 9.47 Å². The van der Waals surface area contributed by atoms with Gasteiger partial charge in [-0.25, -0.2) is 0 Å². The fraction of sp³-hybridized carbons (Fsp3) is 0.143. The molecule has 2 aromatic rings. The standard InChI is InChI=1S/C14H12IN3O6/c1-23-13-5-3-9(17(19)20)6-12(13)16-11-4-2-10(18(21)22)7-14(11)24-8-15/h2-7,16H,8H2,1H3. The van der Waals surface area contributed by atoms with E-state index in [1.54, 1.807) is 0 Å². The first kappa shape index (κ1) is 17.7. The van der Waals surface area contributed by atoms with Crippen LogP contribution in [0.2, 0.25) is 0 Å². The molecule has 0 saturated heterocycles. The van der Waals surface area contributed by atoms with Crippen molar-refractivity contribution in [3.8, 4) is 11.5 Å². The number of nitrogens with zero attached hydrogens (tertiary/aromatic N) is 2. The summed E-state index contributed by atoms with van der Waals surface area (Å²) in [6, 6.07) is 8.16. The summed E-state index contributed by atoms with van der Waals surface area (Å²) in [5, 5.41) is 24.8. The molecule has 2 aromatic carbocycles. The lowest BCUT2D eigenvalue weighted by Crippen LogP contribution is -2.00. The second-order valence-corrected chi connectivity index (χ2v) is 5.08. The zero-order valence-electron chi connectivity index (χ0n) is 12.4. The molecule has 2 rings (SSSR count). The van der Waals surface area contributed by atoms with Crippen LogP contribution in [0.25, 0.3) is 0 Å². The first-order valence-corrected chi connectivity index (χ1v) is 8.05. The molecule has 0 aliphatic heterocycles. The molecule has 0 amide bonds. The molecule has 0 aromatic heterocycles. The number of nitrogens with one attached hydrogen (secondary N) is 1. The van der Waals surface area contributed by atoms with Crippen molar-refractivity contribution in [2.24, 2.45) is 0 Å². The maximum Gasteiger partial charge on any atom is 0.273 e. The van der Waals surface area contributed by atoms with Gasteiger partial charge in [0.25, 0.3) is 11.4 Å². The topological polar surface area (TPSA) is 117 Å². The first-order chi connectivity index (χ1) is 11.5. The van der Waals surface area contributed by atoms with Crippen LogP contribution in [0.5, 0.6) is 11.5 Å². The molecule has 1 N–H and O–H groups in total. The van der Waals surface area contributed by atoms with Crippen LogP contribution in [0.1, 0.15) is 0 Å². The molecule has 126 valence electrons. The Morgan fingerprint density at radius 2 is 1.62 bits per heavy atom. The average molecular weight is 445 g/mol. The van der Waals surface area contributed by atoms with Crippen molar-refractivity contribution in [3.05, 3.63) is 56.6 Å². The molecule has 9 nitrogen and oxygen atoms in total. The molecule has 0 spiro atoms. The summed E-state index contributed by atoms with van der Waals surface area (Å²) in [7, 11) is 1.43. The van der Waals surface area contributed by atoms with Crippen LogP contribution in [0.15, 0.2) is 36.4 Å². The van der Waals surface area contributed by atoms with Crippen LogP contribution in [0, 0.1) is 20.2 Å². The molecule has 0 heterocycles. The predicted molar refractivity (Wildman–Crippen MR) is 95.5 cm³/mol. The smallest absolute Gasteiger partial charge is 0.273 e. The van der Waals surface area contributed by atoms with E-state index in [1.807, 2.05) is 22.6 Å². The van der Waals surface area contributed by atoms with E-state index in [9.17, 15) is 20.2 Å². The van der Waals surface area contributed by atoms with Gasteiger partial charge in [0, 0.05) is 18.2 Å². The number of nitro benzene ring substituents is 2. The lowest BCUT2D eigenvalue weighted by molar-refractivity contribution is -0.385. The molecule has 0 fully saturated rings. The molecular weight excluding hydrogens is 433 g/mol. The van der Waals surface area contributed by atoms with Gasteiger partial charge in [-0.05, 0) is 34.7 Å². The summed E-state index contributed by atoms with van der Waals surface area (Å²) in [4.78, 5) is 20.8. The summed E-state index contributed by atoms with van der Waals surface area (Å²) in [6.07, 6.45) is 0. The fourth-order valence-corrected chi connectivity index (χ4v) is 2.29. The van der Waals surface area contributed by atoms with Gasteiger partial charge in [0.1, 0.15) is 10.4 Å². The quantitative estimate of drug-likeness (QED) is 0.296. The predicted octanol–water partition coefficient (Wildman–Crippen LogP) is 4.03. The van der Waals surface area contributed by atoms with E-state index in [-0.39, 0.29) is 21.7 Å². The zero-order valence-corrected chi connectivity index (χ0v) is 14.6. The van der Waals surface area contributed by atoms with E-state index < -0.39 is 9.85 Å². The normalized spacial score (nSPS) is 10.1. The SMILES string of the molecule is COc1ccc([N+](=O)[O-])cc1Nc1ccc([N+](=O)[O-])cc1OCI. The van der Waals surface area contributed by atoms with Crippen LogP contribution >= 0.6 is 22.6 Å². The van der Waals surface area contributed by atoms with Crippen LogP contribution in [0.4, 0.5) is 22.7 Å². The summed E-state index contributed by atoms with van der Waals surface area (Å²) in [5.74, 6) is 0.645. The van der Waals surface area contributed by atoms with Crippen LogP contribution < -0.4 is 14.8 Å². The Labute approximate surface area is 150 Å². The molecule has 0 radical (unpaired) electrons. The highest BCUT2D eigenvalue weighted by Crippen LogP contribution is 2.36. The van der Waals surface area contributed by atoms with Gasteiger partial charge in [0.05, 0.1) is 34.4 Å². The molecule has 0 aliphatic rings. The number of rotatable bonds is 7. The van der Waals surface area contributed by atoms with E-state index in [0.717, 1.165) is 0 Å². The van der Waals surface area contributed by atoms with Crippen molar-refractivity contribution in [2.75, 3.05) is 17.0 Å². The van der Waals surface area contributed by atoms with Gasteiger partial charge in [-0.3, -0.25) is 20.2 Å². The van der Waals surface area contributed by atoms with Gasteiger partial charge >= 0.3 is 0 Å². The summed E-state index contributed by atoms with van der Waals surface area (Å²) in [6.45, 7) is 0. The Morgan fingerprint density at radius 1 is 1.00 bits per heavy atom. The number of hydrogen-bond acceptors (Lipinski definition) is 7. The van der Waals surface area contributed by atoms with Crippen LogP contribution in [0.3, 0.4) is 0 Å². The number of anilines is 2. The number of halogens is 1. The van der Waals surface area contributed by atoms with E-state index in [2.05, 4.69) is 5.32 Å². The molecule has 0 unspecified atom stereocenters. The fourth-order valence-electron chi connectivity index (χ4n) is 1.96. The van der Waals surface area contributed by atoms with Gasteiger partial charge in [-0.1, -0.05) is 0 Å². The monoisotopic (exact) mass is 445 g/mol. The zero-order chi connectivity index (χ0) is 17.7. The molecule has 10 heteroatoms. The van der Waals surface area contributed by atoms with Gasteiger partial charge in [0.15, 0.2) is 5.75 Å². The average Bonchev–Trinajstić information content (AvgIpc) is 2.56. The van der Waals surface area contributed by atoms with Gasteiger partial charge < -0.3 is 14.8 Å². The Kier molecular flexibility index (Phi) is 5.73. The van der Waals surface area contributed by atoms with Gasteiger partial charge in [-0.2, -0.15) is 0 Å². The number of methoxy groups -OCH3 is 1. The van der Waals surface area contributed by atoms with E-state index in [0.29, 0.717) is 17.1 Å². The van der Waals surface area contributed by atoms with Crippen molar-refractivity contribution < 1.29 is 19.3 Å². The highest BCUT2D eigenvalue weighted by Gasteiger charge is 2.16. The highest BCUT2D eigenvalue weighted by molar-refractivity contribution is 14.1. The van der Waals surface area contributed by atoms with Crippen molar-refractivity contribution in [2.45, 2.75) is 0 Å². The van der Waals surface area contributed by atoms with E-state index >= 15 is 0 Å². The Balaban J connectivity index is 2.44. The Morgan fingerprint density at radius 3 is 2.21 bits per heavy atom. The highest BCUT2D eigenvalue weighted by atomic mass is 127. The number of nitro groups is 2. The number of ether oxygens (including phenoxy) is 2. The lowest BCUT2D eigenvalue weighted by Gasteiger charge is -2.14. The summed E-state index contributed by atoms with van der Waals surface area (Å²) in [5.41, 5.74) is 0.540. The molecule has 0 atom stereocenters. The lowest BCUT2D eigenvalue weighted by atomic mass is 10.2. The third-order valence-electron chi connectivity index (χ3n) is 3.05. The molecule has 0 aliphatic carbocycles. The maximum atomic E-state index is 10.9.